The lowest BCUT2D eigenvalue weighted by Gasteiger charge is -2.24. The molecule has 0 saturated carbocycles. The monoisotopic (exact) mass is 336 g/mol. The Morgan fingerprint density at radius 2 is 1.83 bits per heavy atom. The molecule has 0 aromatic heterocycles. The van der Waals surface area contributed by atoms with E-state index in [2.05, 4.69) is 10.6 Å². The number of urea groups is 1. The summed E-state index contributed by atoms with van der Waals surface area (Å²) in [6.45, 7) is 1.38. The maximum absolute atomic E-state index is 13.4. The summed E-state index contributed by atoms with van der Waals surface area (Å²) in [7, 11) is 1.39. The van der Waals surface area contributed by atoms with Gasteiger partial charge in [-0.15, -0.1) is 0 Å². The Balaban J connectivity index is 1.97. The van der Waals surface area contributed by atoms with Crippen LogP contribution in [0.2, 0.25) is 0 Å². The molecule has 2 aromatic carbocycles. The summed E-state index contributed by atoms with van der Waals surface area (Å²) in [5.41, 5.74) is -0.715. The molecular formula is C17H18F2N2O3. The first-order chi connectivity index (χ1) is 11.3. The number of methoxy groups -OCH3 is 1. The summed E-state index contributed by atoms with van der Waals surface area (Å²) < 4.78 is 31.2. The number of anilines is 1. The van der Waals surface area contributed by atoms with Crippen LogP contribution in [0.15, 0.2) is 42.5 Å². The molecular weight excluding hydrogens is 318 g/mol. The molecule has 2 rings (SSSR count). The van der Waals surface area contributed by atoms with Crippen LogP contribution in [-0.4, -0.2) is 24.8 Å². The molecule has 128 valence electrons. The number of carbonyl (C=O) groups is 1. The molecule has 0 heterocycles. The van der Waals surface area contributed by atoms with E-state index in [1.165, 1.54) is 50.4 Å². The van der Waals surface area contributed by atoms with Gasteiger partial charge in [0, 0.05) is 17.8 Å². The number of hydrogen-bond acceptors (Lipinski definition) is 3. The van der Waals surface area contributed by atoms with E-state index in [4.69, 9.17) is 4.74 Å². The Hall–Kier alpha value is -2.67. The standard InChI is InChI=1S/C17H18F2N2O3/c1-17(23,11-3-5-12(18)6-4-11)10-20-16(22)21-14-7-13(19)8-15(9-14)24-2/h3-9,23H,10H2,1-2H3,(H2,20,21,22). The fraction of sp³-hybridized carbons (Fsp3) is 0.235. The molecule has 0 saturated heterocycles. The smallest absolute Gasteiger partial charge is 0.319 e. The zero-order valence-electron chi connectivity index (χ0n) is 13.3. The number of nitrogens with one attached hydrogen (secondary N) is 2. The number of benzene rings is 2. The van der Waals surface area contributed by atoms with Crippen LogP contribution in [0.1, 0.15) is 12.5 Å². The number of aliphatic hydroxyl groups is 1. The minimum atomic E-state index is -1.38. The second kappa shape index (κ2) is 7.27. The molecule has 7 heteroatoms. The van der Waals surface area contributed by atoms with Gasteiger partial charge in [0.25, 0.3) is 0 Å². The van der Waals surface area contributed by atoms with Crippen LogP contribution in [0, 0.1) is 11.6 Å². The highest BCUT2D eigenvalue weighted by atomic mass is 19.1. The second-order valence-electron chi connectivity index (χ2n) is 5.47. The fourth-order valence-corrected chi connectivity index (χ4v) is 2.09. The molecule has 0 spiro atoms. The van der Waals surface area contributed by atoms with Crippen LogP contribution in [0.5, 0.6) is 5.75 Å². The first-order valence-corrected chi connectivity index (χ1v) is 7.18. The Morgan fingerprint density at radius 3 is 2.46 bits per heavy atom. The van der Waals surface area contributed by atoms with Gasteiger partial charge in [-0.25, -0.2) is 13.6 Å². The van der Waals surface area contributed by atoms with Crippen LogP contribution in [-0.2, 0) is 5.60 Å². The maximum Gasteiger partial charge on any atom is 0.319 e. The Bertz CT molecular complexity index is 718. The van der Waals surface area contributed by atoms with Crippen molar-refractivity contribution in [3.05, 3.63) is 59.7 Å². The van der Waals surface area contributed by atoms with Crippen LogP contribution in [0.25, 0.3) is 0 Å². The van der Waals surface area contributed by atoms with E-state index in [1.54, 1.807) is 0 Å². The highest BCUT2D eigenvalue weighted by molar-refractivity contribution is 5.89. The third-order valence-electron chi connectivity index (χ3n) is 3.42. The van der Waals surface area contributed by atoms with E-state index >= 15 is 0 Å². The lowest BCUT2D eigenvalue weighted by molar-refractivity contribution is 0.0599. The quantitative estimate of drug-likeness (QED) is 0.786. The molecule has 0 bridgehead atoms. The lowest BCUT2D eigenvalue weighted by Crippen LogP contribution is -2.40. The maximum atomic E-state index is 13.4. The highest BCUT2D eigenvalue weighted by Crippen LogP contribution is 2.21. The van der Waals surface area contributed by atoms with Gasteiger partial charge in [-0.1, -0.05) is 12.1 Å². The molecule has 0 fully saturated rings. The Kier molecular flexibility index (Phi) is 5.35. The first-order valence-electron chi connectivity index (χ1n) is 7.18. The summed E-state index contributed by atoms with van der Waals surface area (Å²) >= 11 is 0. The summed E-state index contributed by atoms with van der Waals surface area (Å²) in [5.74, 6) is -0.702. The summed E-state index contributed by atoms with van der Waals surface area (Å²) in [5, 5.41) is 15.3. The molecule has 2 aromatic rings. The van der Waals surface area contributed by atoms with Gasteiger partial charge in [-0.2, -0.15) is 0 Å². The third-order valence-corrected chi connectivity index (χ3v) is 3.42. The zero-order chi connectivity index (χ0) is 17.7. The minimum Gasteiger partial charge on any atom is -0.497 e. The molecule has 0 aliphatic heterocycles. The van der Waals surface area contributed by atoms with E-state index < -0.39 is 23.3 Å². The van der Waals surface area contributed by atoms with E-state index in [-0.39, 0.29) is 18.0 Å². The summed E-state index contributed by atoms with van der Waals surface area (Å²) in [4.78, 5) is 11.9. The van der Waals surface area contributed by atoms with Crippen molar-refractivity contribution in [1.82, 2.24) is 5.32 Å². The van der Waals surface area contributed by atoms with Crippen molar-refractivity contribution < 1.29 is 23.4 Å². The van der Waals surface area contributed by atoms with Gasteiger partial charge in [0.2, 0.25) is 0 Å². The Labute approximate surface area is 138 Å². The number of amides is 2. The van der Waals surface area contributed by atoms with E-state index in [0.717, 1.165) is 6.07 Å². The summed E-state index contributed by atoms with van der Waals surface area (Å²) in [6, 6.07) is 8.48. The van der Waals surface area contributed by atoms with E-state index in [0.29, 0.717) is 5.56 Å². The van der Waals surface area contributed by atoms with Gasteiger partial charge in [0.05, 0.1) is 13.7 Å². The largest absolute Gasteiger partial charge is 0.497 e. The number of rotatable bonds is 5. The minimum absolute atomic E-state index is 0.114. The summed E-state index contributed by atoms with van der Waals surface area (Å²) in [6.07, 6.45) is 0. The van der Waals surface area contributed by atoms with Crippen molar-refractivity contribution in [2.24, 2.45) is 0 Å². The molecule has 3 N–H and O–H groups in total. The normalized spacial score (nSPS) is 13.0. The average molecular weight is 336 g/mol. The molecule has 1 unspecified atom stereocenters. The lowest BCUT2D eigenvalue weighted by atomic mass is 9.96. The van der Waals surface area contributed by atoms with Crippen LogP contribution >= 0.6 is 0 Å². The van der Waals surface area contributed by atoms with Gasteiger partial charge in [0.1, 0.15) is 23.0 Å². The van der Waals surface area contributed by atoms with Crippen molar-refractivity contribution in [2.75, 3.05) is 19.0 Å². The molecule has 1 atom stereocenters. The second-order valence-corrected chi connectivity index (χ2v) is 5.47. The van der Waals surface area contributed by atoms with Gasteiger partial charge in [-0.05, 0) is 30.7 Å². The number of halogens is 2. The Morgan fingerprint density at radius 1 is 1.17 bits per heavy atom. The van der Waals surface area contributed by atoms with Crippen molar-refractivity contribution in [2.45, 2.75) is 12.5 Å². The average Bonchev–Trinajstić information content (AvgIpc) is 2.53. The number of carbonyl (C=O) groups excluding carboxylic acids is 1. The highest BCUT2D eigenvalue weighted by Gasteiger charge is 2.23. The predicted molar refractivity (Wildman–Crippen MR) is 85.9 cm³/mol. The molecule has 0 aliphatic rings. The fourth-order valence-electron chi connectivity index (χ4n) is 2.09. The topological polar surface area (TPSA) is 70.6 Å². The van der Waals surface area contributed by atoms with Gasteiger partial charge in [0.15, 0.2) is 0 Å². The number of ether oxygens (including phenoxy) is 1. The van der Waals surface area contributed by atoms with E-state index in [9.17, 15) is 18.7 Å². The predicted octanol–water partition coefficient (Wildman–Crippen LogP) is 3.00. The van der Waals surface area contributed by atoms with Crippen molar-refractivity contribution in [1.29, 1.82) is 0 Å². The molecule has 24 heavy (non-hydrogen) atoms. The third kappa shape index (κ3) is 4.66. The van der Waals surface area contributed by atoms with Crippen LogP contribution < -0.4 is 15.4 Å². The molecule has 0 aliphatic carbocycles. The molecule has 0 radical (unpaired) electrons. The van der Waals surface area contributed by atoms with Crippen molar-refractivity contribution in [3.63, 3.8) is 0 Å². The molecule has 2 amide bonds. The van der Waals surface area contributed by atoms with Crippen molar-refractivity contribution in [3.8, 4) is 5.75 Å². The van der Waals surface area contributed by atoms with Gasteiger partial charge < -0.3 is 20.5 Å². The van der Waals surface area contributed by atoms with E-state index in [1.807, 2.05) is 0 Å². The molecule has 5 nitrogen and oxygen atoms in total. The van der Waals surface area contributed by atoms with Crippen molar-refractivity contribution >= 4 is 11.7 Å². The van der Waals surface area contributed by atoms with Crippen LogP contribution in [0.3, 0.4) is 0 Å². The zero-order valence-corrected chi connectivity index (χ0v) is 13.3. The van der Waals surface area contributed by atoms with Gasteiger partial charge in [-0.3, -0.25) is 0 Å². The SMILES string of the molecule is COc1cc(F)cc(NC(=O)NCC(C)(O)c2ccc(F)cc2)c1. The first kappa shape index (κ1) is 17.7. The number of hydrogen-bond donors (Lipinski definition) is 3. The van der Waals surface area contributed by atoms with Crippen LogP contribution in [0.4, 0.5) is 19.3 Å². The van der Waals surface area contributed by atoms with Gasteiger partial charge >= 0.3 is 6.03 Å².